The predicted octanol–water partition coefficient (Wildman–Crippen LogP) is 3.20. The molecule has 0 fully saturated rings. The number of aliphatic hydroxyl groups excluding tert-OH is 1. The molecule has 0 aromatic heterocycles. The fraction of sp³-hybridized carbons (Fsp3) is 0.407. The van der Waals surface area contributed by atoms with E-state index in [0.29, 0.717) is 48.7 Å². The van der Waals surface area contributed by atoms with Gasteiger partial charge < -0.3 is 20.0 Å². The van der Waals surface area contributed by atoms with Crippen LogP contribution >= 0.6 is 11.6 Å². The minimum Gasteiger partial charge on any atom is -0.492 e. The predicted molar refractivity (Wildman–Crippen MR) is 144 cm³/mol. The minimum atomic E-state index is -0.663. The molecule has 0 atom stereocenters. The standard InChI is InChI=1S/C17H25N3O4.C10H9ClN2O/c1-17(2,13-19(3)16(22)12-21)20(23)9-6-10-24-15-8-5-4-7-14(15)11-18;11-8-3-1-2-7(6-8)9-4-5-10(14)13-12-9/h4-5,7-8,21,23H,6,9-10,12-13H2,1-3H3;1-3,6H,4-5H2,(H,13,14). The van der Waals surface area contributed by atoms with Crippen LogP contribution in [0.3, 0.4) is 0 Å². The number of likely N-dealkylation sites (N-methyl/N-ethyl adjacent to an activating group) is 1. The molecule has 0 radical (unpaired) electrons. The third-order valence-corrected chi connectivity index (χ3v) is 5.96. The Balaban J connectivity index is 0.000000304. The molecule has 11 heteroatoms. The summed E-state index contributed by atoms with van der Waals surface area (Å²) in [7, 11) is 1.58. The molecule has 38 heavy (non-hydrogen) atoms. The van der Waals surface area contributed by atoms with Gasteiger partial charge in [0.15, 0.2) is 0 Å². The van der Waals surface area contributed by atoms with Gasteiger partial charge in [-0.3, -0.25) is 9.59 Å². The number of hydrogen-bond acceptors (Lipinski definition) is 8. The van der Waals surface area contributed by atoms with E-state index in [4.69, 9.17) is 26.7 Å². The molecule has 0 saturated heterocycles. The fourth-order valence-electron chi connectivity index (χ4n) is 3.61. The number of hydrogen-bond donors (Lipinski definition) is 3. The SMILES string of the molecule is CN(CC(C)(C)N(O)CCCOc1ccccc1C#N)C(=O)CO.O=C1CCC(c2cccc(Cl)c2)=NN1. The summed E-state index contributed by atoms with van der Waals surface area (Å²) in [6.07, 6.45) is 1.72. The Labute approximate surface area is 228 Å². The first kappa shape index (κ1) is 30.7. The molecule has 2 aromatic rings. The number of nitrogens with one attached hydrogen (secondary N) is 1. The monoisotopic (exact) mass is 543 g/mol. The van der Waals surface area contributed by atoms with Gasteiger partial charge in [-0.25, -0.2) is 5.43 Å². The Morgan fingerprint density at radius 3 is 2.61 bits per heavy atom. The van der Waals surface area contributed by atoms with Crippen molar-refractivity contribution in [2.45, 2.75) is 38.6 Å². The molecule has 1 aliphatic heterocycles. The number of nitrogens with zero attached hydrogens (tertiary/aromatic N) is 4. The molecule has 204 valence electrons. The van der Waals surface area contributed by atoms with E-state index in [1.807, 2.05) is 24.3 Å². The van der Waals surface area contributed by atoms with E-state index >= 15 is 0 Å². The van der Waals surface area contributed by atoms with Crippen LogP contribution in [0.5, 0.6) is 5.75 Å². The molecule has 3 N–H and O–H groups in total. The second kappa shape index (κ2) is 15.1. The lowest BCUT2D eigenvalue weighted by atomic mass is 10.0. The molecule has 0 aliphatic carbocycles. The molecule has 2 aromatic carbocycles. The largest absolute Gasteiger partial charge is 0.492 e. The van der Waals surface area contributed by atoms with Crippen LogP contribution in [0.15, 0.2) is 53.6 Å². The lowest BCUT2D eigenvalue weighted by molar-refractivity contribution is -0.172. The molecule has 10 nitrogen and oxygen atoms in total. The highest BCUT2D eigenvalue weighted by atomic mass is 35.5. The summed E-state index contributed by atoms with van der Waals surface area (Å²) >= 11 is 5.85. The number of hydrazone groups is 1. The highest BCUT2D eigenvalue weighted by Gasteiger charge is 2.28. The lowest BCUT2D eigenvalue weighted by Gasteiger charge is -2.36. The molecule has 2 amide bonds. The number of aliphatic hydroxyl groups is 1. The van der Waals surface area contributed by atoms with Crippen molar-refractivity contribution in [3.63, 3.8) is 0 Å². The molecule has 0 unspecified atom stereocenters. The quantitative estimate of drug-likeness (QED) is 0.309. The summed E-state index contributed by atoms with van der Waals surface area (Å²) in [5.41, 5.74) is 4.12. The summed E-state index contributed by atoms with van der Waals surface area (Å²) < 4.78 is 5.57. The van der Waals surface area contributed by atoms with Crippen LogP contribution in [0.1, 0.15) is 44.2 Å². The van der Waals surface area contributed by atoms with Gasteiger partial charge in [0.1, 0.15) is 18.4 Å². The van der Waals surface area contributed by atoms with Crippen LogP contribution in [0.2, 0.25) is 5.02 Å². The number of benzene rings is 2. The van der Waals surface area contributed by atoms with Crippen molar-refractivity contribution < 1.29 is 24.6 Å². The Hall–Kier alpha value is -3.49. The Morgan fingerprint density at radius 2 is 1.97 bits per heavy atom. The van der Waals surface area contributed by atoms with E-state index in [1.165, 1.54) is 4.90 Å². The number of para-hydroxylation sites is 1. The van der Waals surface area contributed by atoms with Crippen LogP contribution in [0, 0.1) is 11.3 Å². The van der Waals surface area contributed by atoms with Crippen LogP contribution in [-0.4, -0.2) is 76.7 Å². The van der Waals surface area contributed by atoms with Crippen molar-refractivity contribution in [2.24, 2.45) is 5.10 Å². The molecule has 0 bridgehead atoms. The van der Waals surface area contributed by atoms with Gasteiger partial charge in [-0.2, -0.15) is 15.4 Å². The first-order chi connectivity index (χ1) is 18.1. The second-order valence-corrected chi connectivity index (χ2v) is 9.69. The van der Waals surface area contributed by atoms with E-state index in [1.54, 1.807) is 45.2 Å². The fourth-order valence-corrected chi connectivity index (χ4v) is 3.80. The van der Waals surface area contributed by atoms with Crippen LogP contribution in [0.4, 0.5) is 0 Å². The summed E-state index contributed by atoms with van der Waals surface area (Å²) in [5.74, 6) is 0.0979. The number of ether oxygens (including phenoxy) is 1. The molecule has 0 spiro atoms. The maximum Gasteiger partial charge on any atom is 0.248 e. The Morgan fingerprint density at radius 1 is 1.24 bits per heavy atom. The van der Waals surface area contributed by atoms with Crippen molar-refractivity contribution in [1.29, 1.82) is 5.26 Å². The highest BCUT2D eigenvalue weighted by molar-refractivity contribution is 6.31. The Bertz CT molecular complexity index is 1160. The maximum absolute atomic E-state index is 11.4. The summed E-state index contributed by atoms with van der Waals surface area (Å²) in [5, 5.41) is 33.9. The van der Waals surface area contributed by atoms with Gasteiger partial charge >= 0.3 is 0 Å². The van der Waals surface area contributed by atoms with E-state index in [9.17, 15) is 14.8 Å². The zero-order valence-electron chi connectivity index (χ0n) is 21.9. The minimum absolute atomic E-state index is 0.0317. The number of amides is 2. The van der Waals surface area contributed by atoms with Gasteiger partial charge in [0, 0.05) is 38.0 Å². The molecular weight excluding hydrogens is 510 g/mol. The zero-order valence-corrected chi connectivity index (χ0v) is 22.6. The molecule has 1 heterocycles. The van der Waals surface area contributed by atoms with Crippen LogP contribution in [0.25, 0.3) is 0 Å². The number of hydroxylamine groups is 2. The van der Waals surface area contributed by atoms with Crippen LogP contribution < -0.4 is 10.2 Å². The second-order valence-electron chi connectivity index (χ2n) is 9.26. The third-order valence-electron chi connectivity index (χ3n) is 5.73. The van der Waals surface area contributed by atoms with Gasteiger partial charge in [0.25, 0.3) is 0 Å². The van der Waals surface area contributed by atoms with Crippen molar-refractivity contribution in [2.75, 3.05) is 33.4 Å². The van der Waals surface area contributed by atoms with E-state index in [0.717, 1.165) is 16.3 Å². The van der Waals surface area contributed by atoms with Crippen molar-refractivity contribution >= 4 is 29.1 Å². The number of rotatable bonds is 10. The van der Waals surface area contributed by atoms with Crippen molar-refractivity contribution in [3.05, 3.63) is 64.7 Å². The van der Waals surface area contributed by atoms with Gasteiger partial charge in [0.2, 0.25) is 11.8 Å². The summed E-state index contributed by atoms with van der Waals surface area (Å²) in [4.78, 5) is 23.7. The topological polar surface area (TPSA) is 138 Å². The van der Waals surface area contributed by atoms with Crippen molar-refractivity contribution in [3.8, 4) is 11.8 Å². The Kier molecular flexibility index (Phi) is 12.2. The van der Waals surface area contributed by atoms with Gasteiger partial charge in [0.05, 0.1) is 23.4 Å². The first-order valence-corrected chi connectivity index (χ1v) is 12.5. The summed E-state index contributed by atoms with van der Waals surface area (Å²) in [6, 6.07) is 16.5. The van der Waals surface area contributed by atoms with E-state index < -0.39 is 18.1 Å². The molecular formula is C27H34ClN5O5. The van der Waals surface area contributed by atoms with Crippen molar-refractivity contribution in [1.82, 2.24) is 15.4 Å². The number of halogens is 1. The zero-order chi connectivity index (χ0) is 28.1. The molecule has 0 saturated carbocycles. The normalized spacial score (nSPS) is 13.0. The average molecular weight is 544 g/mol. The molecule has 3 rings (SSSR count). The van der Waals surface area contributed by atoms with E-state index in [2.05, 4.69) is 16.6 Å². The third kappa shape index (κ3) is 9.76. The average Bonchev–Trinajstić information content (AvgIpc) is 2.91. The summed E-state index contributed by atoms with van der Waals surface area (Å²) in [6.45, 7) is 4.05. The van der Waals surface area contributed by atoms with Crippen LogP contribution in [-0.2, 0) is 9.59 Å². The smallest absolute Gasteiger partial charge is 0.248 e. The van der Waals surface area contributed by atoms with Gasteiger partial charge in [-0.1, -0.05) is 35.9 Å². The lowest BCUT2D eigenvalue weighted by Crippen LogP contribution is -2.51. The van der Waals surface area contributed by atoms with Gasteiger partial charge in [-0.15, -0.1) is 0 Å². The molecule has 1 aliphatic rings. The number of carbonyl (C=O) groups is 2. The van der Waals surface area contributed by atoms with E-state index in [-0.39, 0.29) is 12.5 Å². The number of carbonyl (C=O) groups excluding carboxylic acids is 2. The van der Waals surface area contributed by atoms with Gasteiger partial charge in [-0.05, 0) is 50.1 Å². The number of nitriles is 1. The highest BCUT2D eigenvalue weighted by Crippen LogP contribution is 2.18. The maximum atomic E-state index is 11.4. The first-order valence-electron chi connectivity index (χ1n) is 12.1.